The molecule has 1 atom stereocenters. The Morgan fingerprint density at radius 1 is 1.09 bits per heavy atom. The predicted molar refractivity (Wildman–Crippen MR) is 134 cm³/mol. The number of nitrogens with one attached hydrogen (secondary N) is 1. The lowest BCUT2D eigenvalue weighted by Crippen LogP contribution is -2.48. The van der Waals surface area contributed by atoms with E-state index in [4.69, 9.17) is 4.74 Å². The van der Waals surface area contributed by atoms with Crippen molar-refractivity contribution >= 4 is 27.5 Å². The first-order valence-electron chi connectivity index (χ1n) is 11.3. The second kappa shape index (κ2) is 12.4. The predicted octanol–water partition coefficient (Wildman–Crippen LogP) is 3.10. The van der Waals surface area contributed by atoms with E-state index in [1.807, 2.05) is 38.1 Å². The van der Waals surface area contributed by atoms with Crippen LogP contribution in [-0.2, 0) is 26.2 Å². The van der Waals surface area contributed by atoms with Gasteiger partial charge < -0.3 is 15.0 Å². The number of aryl methyl sites for hydroxylation is 1. The first kappa shape index (κ1) is 27.2. The Labute approximate surface area is 202 Å². The van der Waals surface area contributed by atoms with Crippen molar-refractivity contribution in [2.45, 2.75) is 45.7 Å². The lowest BCUT2D eigenvalue weighted by atomic mass is 10.1. The zero-order chi connectivity index (χ0) is 25.3. The minimum Gasteiger partial charge on any atom is -0.497 e. The fourth-order valence-electron chi connectivity index (χ4n) is 3.81. The summed E-state index contributed by atoms with van der Waals surface area (Å²) in [7, 11) is -0.447. The number of anilines is 1. The van der Waals surface area contributed by atoms with E-state index in [-0.39, 0.29) is 24.8 Å². The summed E-state index contributed by atoms with van der Waals surface area (Å²) in [5, 5.41) is 2.65. The molecule has 0 radical (unpaired) electrons. The Hall–Kier alpha value is -3.07. The second-order valence-corrected chi connectivity index (χ2v) is 10.0. The van der Waals surface area contributed by atoms with Crippen LogP contribution in [0.1, 0.15) is 37.3 Å². The summed E-state index contributed by atoms with van der Waals surface area (Å²) in [6.07, 6.45) is 2.04. The monoisotopic (exact) mass is 489 g/mol. The minimum atomic E-state index is -3.54. The Bertz CT molecular complexity index is 1070. The van der Waals surface area contributed by atoms with E-state index < -0.39 is 16.1 Å². The number of benzene rings is 2. The lowest BCUT2D eigenvalue weighted by molar-refractivity contribution is -0.141. The van der Waals surface area contributed by atoms with Gasteiger partial charge in [0.2, 0.25) is 21.8 Å². The number of rotatable bonds is 12. The van der Waals surface area contributed by atoms with Gasteiger partial charge >= 0.3 is 0 Å². The van der Waals surface area contributed by atoms with Crippen molar-refractivity contribution in [2.24, 2.45) is 0 Å². The smallest absolute Gasteiger partial charge is 0.242 e. The lowest BCUT2D eigenvalue weighted by Gasteiger charge is -2.31. The fraction of sp³-hybridized carbons (Fsp3) is 0.440. The molecule has 1 N–H and O–H groups in total. The van der Waals surface area contributed by atoms with Gasteiger partial charge in [0.25, 0.3) is 0 Å². The summed E-state index contributed by atoms with van der Waals surface area (Å²) in [5.74, 6) is 0.210. The van der Waals surface area contributed by atoms with E-state index in [2.05, 4.69) is 5.32 Å². The summed E-state index contributed by atoms with van der Waals surface area (Å²) < 4.78 is 31.2. The molecule has 0 saturated heterocycles. The standard InChI is InChI=1S/C25H35N3O5S/c1-6-23(25(30)26-3)27(18-20-11-8-7-10-19(20)2)24(29)12-9-17-28(34(5,31)32)21-13-15-22(33-4)16-14-21/h7-8,10-11,13-16,23H,6,9,12,17-18H2,1-5H3,(H,26,30)/t23-/m1/s1. The van der Waals surface area contributed by atoms with Crippen LogP contribution in [0.4, 0.5) is 5.69 Å². The zero-order valence-corrected chi connectivity index (χ0v) is 21.4. The van der Waals surface area contributed by atoms with Gasteiger partial charge in [-0.1, -0.05) is 31.2 Å². The quantitative estimate of drug-likeness (QED) is 0.494. The highest BCUT2D eigenvalue weighted by atomic mass is 32.2. The van der Waals surface area contributed by atoms with Crippen LogP contribution in [0.2, 0.25) is 0 Å². The van der Waals surface area contributed by atoms with Crippen LogP contribution in [0.5, 0.6) is 5.75 Å². The van der Waals surface area contributed by atoms with E-state index in [9.17, 15) is 18.0 Å². The third kappa shape index (κ3) is 7.21. The molecule has 9 heteroatoms. The van der Waals surface area contributed by atoms with Gasteiger partial charge in [-0.25, -0.2) is 8.42 Å². The van der Waals surface area contributed by atoms with Gasteiger partial charge in [-0.2, -0.15) is 0 Å². The van der Waals surface area contributed by atoms with E-state index in [1.165, 1.54) is 4.31 Å². The Morgan fingerprint density at radius 2 is 1.74 bits per heavy atom. The number of carbonyl (C=O) groups excluding carboxylic acids is 2. The maximum absolute atomic E-state index is 13.3. The number of ether oxygens (including phenoxy) is 1. The molecule has 2 aromatic rings. The summed E-state index contributed by atoms with van der Waals surface area (Å²) in [6, 6.07) is 13.9. The number of nitrogens with zero attached hydrogens (tertiary/aromatic N) is 2. The largest absolute Gasteiger partial charge is 0.497 e. The molecule has 0 aliphatic heterocycles. The fourth-order valence-corrected chi connectivity index (χ4v) is 4.77. The van der Waals surface area contributed by atoms with Gasteiger partial charge in [-0.05, 0) is 55.2 Å². The molecule has 186 valence electrons. The molecule has 0 aliphatic carbocycles. The van der Waals surface area contributed by atoms with Crippen LogP contribution >= 0.6 is 0 Å². The molecule has 2 rings (SSSR count). The molecule has 0 aromatic heterocycles. The van der Waals surface area contributed by atoms with Crippen LogP contribution < -0.4 is 14.4 Å². The normalized spacial score (nSPS) is 12.0. The van der Waals surface area contributed by atoms with Gasteiger partial charge in [0.05, 0.1) is 19.1 Å². The Morgan fingerprint density at radius 3 is 2.26 bits per heavy atom. The van der Waals surface area contributed by atoms with Crippen molar-refractivity contribution in [3.8, 4) is 5.75 Å². The van der Waals surface area contributed by atoms with Gasteiger partial charge in [0.1, 0.15) is 11.8 Å². The van der Waals surface area contributed by atoms with Crippen molar-refractivity contribution in [1.29, 1.82) is 0 Å². The molecular weight excluding hydrogens is 454 g/mol. The van der Waals surface area contributed by atoms with Crippen LogP contribution in [-0.4, -0.2) is 58.1 Å². The molecule has 0 fully saturated rings. The molecule has 0 heterocycles. The van der Waals surface area contributed by atoms with Crippen molar-refractivity contribution < 1.29 is 22.7 Å². The number of amides is 2. The SMILES string of the molecule is CC[C@H](C(=O)NC)N(Cc1ccccc1C)C(=O)CCCN(c1ccc(OC)cc1)S(C)(=O)=O. The van der Waals surface area contributed by atoms with E-state index in [1.54, 1.807) is 43.3 Å². The number of likely N-dealkylation sites (N-methyl/N-ethyl adjacent to an activating group) is 1. The molecule has 34 heavy (non-hydrogen) atoms. The molecule has 0 saturated carbocycles. The van der Waals surface area contributed by atoms with Crippen molar-refractivity contribution in [1.82, 2.24) is 10.2 Å². The average Bonchev–Trinajstić information content (AvgIpc) is 2.81. The van der Waals surface area contributed by atoms with Crippen LogP contribution in [0.25, 0.3) is 0 Å². The van der Waals surface area contributed by atoms with Crippen molar-refractivity contribution in [3.63, 3.8) is 0 Å². The third-order valence-electron chi connectivity index (χ3n) is 5.75. The summed E-state index contributed by atoms with van der Waals surface area (Å²) in [6.45, 7) is 4.29. The second-order valence-electron chi connectivity index (χ2n) is 8.12. The van der Waals surface area contributed by atoms with Crippen molar-refractivity contribution in [3.05, 3.63) is 59.7 Å². The highest BCUT2D eigenvalue weighted by Crippen LogP contribution is 2.23. The van der Waals surface area contributed by atoms with Gasteiger partial charge in [-0.15, -0.1) is 0 Å². The van der Waals surface area contributed by atoms with E-state index >= 15 is 0 Å². The first-order valence-corrected chi connectivity index (χ1v) is 13.1. The molecule has 0 spiro atoms. The molecule has 0 unspecified atom stereocenters. The zero-order valence-electron chi connectivity index (χ0n) is 20.6. The van der Waals surface area contributed by atoms with E-state index in [0.717, 1.165) is 17.4 Å². The minimum absolute atomic E-state index is 0.113. The Kier molecular flexibility index (Phi) is 9.92. The number of sulfonamides is 1. The highest BCUT2D eigenvalue weighted by Gasteiger charge is 2.28. The van der Waals surface area contributed by atoms with Gasteiger partial charge in [0.15, 0.2) is 0 Å². The molecule has 8 nitrogen and oxygen atoms in total. The maximum Gasteiger partial charge on any atom is 0.242 e. The van der Waals surface area contributed by atoms with Crippen LogP contribution in [0.15, 0.2) is 48.5 Å². The van der Waals surface area contributed by atoms with Crippen LogP contribution in [0.3, 0.4) is 0 Å². The van der Waals surface area contributed by atoms with Crippen LogP contribution in [0, 0.1) is 6.92 Å². The first-order chi connectivity index (χ1) is 16.1. The summed E-state index contributed by atoms with van der Waals surface area (Å²) in [4.78, 5) is 27.4. The average molecular weight is 490 g/mol. The highest BCUT2D eigenvalue weighted by molar-refractivity contribution is 7.92. The van der Waals surface area contributed by atoms with Crippen molar-refractivity contribution in [2.75, 3.05) is 31.3 Å². The molecule has 0 aliphatic rings. The van der Waals surface area contributed by atoms with Gasteiger partial charge in [0, 0.05) is 26.6 Å². The topological polar surface area (TPSA) is 96.0 Å². The van der Waals surface area contributed by atoms with E-state index in [0.29, 0.717) is 30.8 Å². The number of carbonyl (C=O) groups is 2. The summed E-state index contributed by atoms with van der Waals surface area (Å²) >= 11 is 0. The summed E-state index contributed by atoms with van der Waals surface area (Å²) in [5.41, 5.74) is 2.51. The van der Waals surface area contributed by atoms with Gasteiger partial charge in [-0.3, -0.25) is 13.9 Å². The number of methoxy groups -OCH3 is 1. The maximum atomic E-state index is 13.3. The Balaban J connectivity index is 2.19. The third-order valence-corrected chi connectivity index (χ3v) is 6.94. The molecule has 0 bridgehead atoms. The molecule has 2 aromatic carbocycles. The number of hydrogen-bond acceptors (Lipinski definition) is 5. The molecular formula is C25H35N3O5S. The number of hydrogen-bond donors (Lipinski definition) is 1. The molecule has 2 amide bonds.